The molecular formula is C22H25N3O4S2. The number of benzene rings is 2. The van der Waals surface area contributed by atoms with E-state index in [4.69, 9.17) is 4.74 Å². The fourth-order valence-corrected chi connectivity index (χ4v) is 6.70. The second kappa shape index (κ2) is 8.22. The second-order valence-electron chi connectivity index (χ2n) is 7.70. The molecule has 1 aliphatic rings. The number of rotatable bonds is 4. The molecule has 1 amide bonds. The maximum atomic E-state index is 13.2. The van der Waals surface area contributed by atoms with Gasteiger partial charge in [0.25, 0.3) is 5.91 Å². The SMILES string of the molecule is COc1ccc(S(=O)(=O)N2CCCC2C(=O)N=c2sc3ccc(C)c(C)c3n2C)cc1. The van der Waals surface area contributed by atoms with Crippen molar-refractivity contribution in [3.63, 3.8) is 0 Å². The lowest BCUT2D eigenvalue weighted by Crippen LogP contribution is -2.40. The largest absolute Gasteiger partial charge is 0.497 e. The molecule has 0 N–H and O–H groups in total. The molecule has 0 bridgehead atoms. The van der Waals surface area contributed by atoms with Gasteiger partial charge in [0.1, 0.15) is 11.8 Å². The Morgan fingerprint density at radius 2 is 1.87 bits per heavy atom. The van der Waals surface area contributed by atoms with Crippen LogP contribution in [0.2, 0.25) is 0 Å². The Bertz CT molecular complexity index is 1320. The molecule has 31 heavy (non-hydrogen) atoms. The summed E-state index contributed by atoms with van der Waals surface area (Å²) < 4.78 is 35.7. The third kappa shape index (κ3) is 3.81. The number of methoxy groups -OCH3 is 1. The van der Waals surface area contributed by atoms with Gasteiger partial charge in [0.05, 0.1) is 22.2 Å². The number of carbonyl (C=O) groups excluding carboxylic acids is 1. The highest BCUT2D eigenvalue weighted by Crippen LogP contribution is 2.28. The predicted octanol–water partition coefficient (Wildman–Crippen LogP) is 3.15. The van der Waals surface area contributed by atoms with Crippen LogP contribution < -0.4 is 9.54 Å². The highest BCUT2D eigenvalue weighted by atomic mass is 32.2. The van der Waals surface area contributed by atoms with Crippen LogP contribution in [0.3, 0.4) is 0 Å². The number of hydrogen-bond acceptors (Lipinski definition) is 5. The van der Waals surface area contributed by atoms with E-state index in [1.54, 1.807) is 12.1 Å². The summed E-state index contributed by atoms with van der Waals surface area (Å²) in [6, 6.07) is 9.50. The van der Waals surface area contributed by atoms with Crippen molar-refractivity contribution >= 4 is 37.5 Å². The zero-order valence-electron chi connectivity index (χ0n) is 18.0. The summed E-state index contributed by atoms with van der Waals surface area (Å²) in [7, 11) is -0.392. The molecule has 2 aromatic carbocycles. The molecule has 3 aromatic rings. The number of amides is 1. The number of aromatic nitrogens is 1. The molecule has 1 unspecified atom stereocenters. The zero-order valence-corrected chi connectivity index (χ0v) is 19.6. The molecule has 7 nitrogen and oxygen atoms in total. The molecule has 1 aromatic heterocycles. The van der Waals surface area contributed by atoms with Gasteiger partial charge in [-0.25, -0.2) is 8.42 Å². The molecule has 9 heteroatoms. The van der Waals surface area contributed by atoms with Gasteiger partial charge in [0.15, 0.2) is 4.80 Å². The smallest absolute Gasteiger partial charge is 0.266 e. The predicted molar refractivity (Wildman–Crippen MR) is 121 cm³/mol. The van der Waals surface area contributed by atoms with E-state index in [9.17, 15) is 13.2 Å². The van der Waals surface area contributed by atoms with Crippen LogP contribution in [0.4, 0.5) is 0 Å². The van der Waals surface area contributed by atoms with Crippen LogP contribution in [0.25, 0.3) is 10.2 Å². The molecular weight excluding hydrogens is 434 g/mol. The van der Waals surface area contributed by atoms with Crippen molar-refractivity contribution in [3.05, 3.63) is 52.3 Å². The van der Waals surface area contributed by atoms with Crippen molar-refractivity contribution in [1.29, 1.82) is 0 Å². The van der Waals surface area contributed by atoms with E-state index in [1.807, 2.05) is 17.7 Å². The normalized spacial score (nSPS) is 18.1. The van der Waals surface area contributed by atoms with Crippen LogP contribution in [-0.2, 0) is 21.9 Å². The summed E-state index contributed by atoms with van der Waals surface area (Å²) in [5, 5.41) is 0. The average molecular weight is 460 g/mol. The Kier molecular flexibility index (Phi) is 5.76. The third-order valence-electron chi connectivity index (χ3n) is 5.85. The first-order chi connectivity index (χ1) is 14.7. The van der Waals surface area contributed by atoms with Crippen LogP contribution in [-0.4, -0.2) is 42.9 Å². The summed E-state index contributed by atoms with van der Waals surface area (Å²) in [6.07, 6.45) is 1.09. The van der Waals surface area contributed by atoms with Gasteiger partial charge in [-0.2, -0.15) is 9.30 Å². The molecule has 1 atom stereocenters. The quantitative estimate of drug-likeness (QED) is 0.600. The third-order valence-corrected chi connectivity index (χ3v) is 8.87. The Morgan fingerprint density at radius 3 is 2.55 bits per heavy atom. The fraction of sp³-hybridized carbons (Fsp3) is 0.364. The van der Waals surface area contributed by atoms with Gasteiger partial charge in [-0.15, -0.1) is 0 Å². The minimum absolute atomic E-state index is 0.145. The number of nitrogens with zero attached hydrogens (tertiary/aromatic N) is 3. The van der Waals surface area contributed by atoms with E-state index >= 15 is 0 Å². The van der Waals surface area contributed by atoms with E-state index in [2.05, 4.69) is 24.9 Å². The van der Waals surface area contributed by atoms with Gasteiger partial charge >= 0.3 is 0 Å². The lowest BCUT2D eigenvalue weighted by atomic mass is 10.1. The maximum absolute atomic E-state index is 13.2. The molecule has 1 saturated heterocycles. The number of sulfonamides is 1. The molecule has 0 aliphatic carbocycles. The van der Waals surface area contributed by atoms with Crippen LogP contribution in [0.15, 0.2) is 46.3 Å². The lowest BCUT2D eigenvalue weighted by Gasteiger charge is -2.21. The van der Waals surface area contributed by atoms with Gasteiger partial charge < -0.3 is 9.30 Å². The maximum Gasteiger partial charge on any atom is 0.266 e. The van der Waals surface area contributed by atoms with Gasteiger partial charge in [0, 0.05) is 13.6 Å². The van der Waals surface area contributed by atoms with E-state index < -0.39 is 22.0 Å². The summed E-state index contributed by atoms with van der Waals surface area (Å²) >= 11 is 1.44. The van der Waals surface area contributed by atoms with Crippen molar-refractivity contribution in [2.75, 3.05) is 13.7 Å². The Morgan fingerprint density at radius 1 is 1.16 bits per heavy atom. The topological polar surface area (TPSA) is 81.0 Å². The fourth-order valence-electron chi connectivity index (χ4n) is 3.96. The van der Waals surface area contributed by atoms with Crippen molar-refractivity contribution in [2.45, 2.75) is 37.6 Å². The summed E-state index contributed by atoms with van der Waals surface area (Å²) in [5.74, 6) is 0.150. The average Bonchev–Trinajstić information content (AvgIpc) is 3.37. The monoisotopic (exact) mass is 459 g/mol. The number of carbonyl (C=O) groups is 1. The first-order valence-electron chi connectivity index (χ1n) is 10.0. The Labute approximate surface area is 185 Å². The van der Waals surface area contributed by atoms with Gasteiger partial charge in [-0.1, -0.05) is 17.4 Å². The molecule has 164 valence electrons. The van der Waals surface area contributed by atoms with Crippen LogP contribution >= 0.6 is 11.3 Å². The minimum Gasteiger partial charge on any atom is -0.497 e. The van der Waals surface area contributed by atoms with E-state index in [0.29, 0.717) is 29.9 Å². The van der Waals surface area contributed by atoms with Crippen molar-refractivity contribution in [3.8, 4) is 5.75 Å². The molecule has 1 aliphatic heterocycles. The molecule has 0 saturated carbocycles. The van der Waals surface area contributed by atoms with Gasteiger partial charge in [-0.3, -0.25) is 4.79 Å². The van der Waals surface area contributed by atoms with Crippen molar-refractivity contribution in [2.24, 2.45) is 12.0 Å². The summed E-state index contributed by atoms with van der Waals surface area (Å²) in [5.41, 5.74) is 3.37. The molecule has 1 fully saturated rings. The van der Waals surface area contributed by atoms with Gasteiger partial charge in [-0.05, 0) is 68.1 Å². The van der Waals surface area contributed by atoms with E-state index in [0.717, 1.165) is 15.8 Å². The number of thiazole rings is 1. The number of fused-ring (bicyclic) bond motifs is 1. The second-order valence-corrected chi connectivity index (χ2v) is 10.6. The first-order valence-corrected chi connectivity index (χ1v) is 12.3. The lowest BCUT2D eigenvalue weighted by molar-refractivity contribution is -0.121. The van der Waals surface area contributed by atoms with Crippen LogP contribution in [0, 0.1) is 13.8 Å². The standard InChI is InChI=1S/C22H25N3O4S2/c1-14-7-12-19-20(15(14)2)24(3)22(30-19)23-21(26)18-6-5-13-25(18)31(27,28)17-10-8-16(29-4)9-11-17/h7-12,18H,5-6,13H2,1-4H3. The highest BCUT2D eigenvalue weighted by molar-refractivity contribution is 7.89. The number of hydrogen-bond donors (Lipinski definition) is 0. The molecule has 0 spiro atoms. The summed E-state index contributed by atoms with van der Waals surface area (Å²) in [6.45, 7) is 4.40. The molecule has 0 radical (unpaired) electrons. The molecule has 2 heterocycles. The van der Waals surface area contributed by atoms with Gasteiger partial charge in [0.2, 0.25) is 10.0 Å². The molecule has 4 rings (SSSR count). The zero-order chi connectivity index (χ0) is 22.3. The highest BCUT2D eigenvalue weighted by Gasteiger charge is 2.39. The summed E-state index contributed by atoms with van der Waals surface area (Å²) in [4.78, 5) is 18.2. The van der Waals surface area contributed by atoms with Crippen molar-refractivity contribution in [1.82, 2.24) is 8.87 Å². The van der Waals surface area contributed by atoms with Crippen LogP contribution in [0.5, 0.6) is 5.75 Å². The Hall–Kier alpha value is -2.49. The van der Waals surface area contributed by atoms with Crippen molar-refractivity contribution < 1.29 is 17.9 Å². The minimum atomic E-state index is -3.80. The Balaban J connectivity index is 1.69. The van der Waals surface area contributed by atoms with E-state index in [1.165, 1.54) is 40.4 Å². The van der Waals surface area contributed by atoms with E-state index in [-0.39, 0.29) is 4.90 Å². The van der Waals surface area contributed by atoms with Crippen LogP contribution in [0.1, 0.15) is 24.0 Å². The first kappa shape index (κ1) is 21.7. The number of ether oxygens (including phenoxy) is 1. The number of aryl methyl sites for hydroxylation is 3.